The van der Waals surface area contributed by atoms with Gasteiger partial charge in [0.05, 0.1) is 41.1 Å². The van der Waals surface area contributed by atoms with Gasteiger partial charge in [-0.1, -0.05) is 35.3 Å². The first kappa shape index (κ1) is 35.8. The number of carboxylic acid groups (broad SMARTS) is 1. The molecule has 2 fully saturated rings. The molecular weight excluding hydrogens is 675 g/mol. The number of benzene rings is 2. The molecule has 3 N–H and O–H groups in total. The highest BCUT2D eigenvalue weighted by atomic mass is 35.5. The molecule has 2 aliphatic rings. The molecule has 0 spiro atoms. The number of para-hydroxylation sites is 2. The lowest BCUT2D eigenvalue weighted by molar-refractivity contribution is -0.138. The van der Waals surface area contributed by atoms with Crippen molar-refractivity contribution in [1.82, 2.24) is 19.8 Å². The lowest BCUT2D eigenvalue weighted by Crippen LogP contribution is -2.49. The van der Waals surface area contributed by atoms with Crippen LogP contribution in [-0.4, -0.2) is 105 Å². The van der Waals surface area contributed by atoms with Crippen LogP contribution in [0.4, 0.5) is 34.5 Å². The Morgan fingerprint density at radius 3 is 2.30 bits per heavy atom. The van der Waals surface area contributed by atoms with Gasteiger partial charge in [0, 0.05) is 58.5 Å². The molecule has 12 nitrogen and oxygen atoms in total. The molecule has 3 heterocycles. The predicted octanol–water partition coefficient (Wildman–Crippen LogP) is 5.01. The molecule has 0 radical (unpaired) electrons. The number of carbonyl (C=O) groups is 1. The van der Waals surface area contributed by atoms with Crippen molar-refractivity contribution in [2.75, 3.05) is 85.5 Å². The van der Waals surface area contributed by atoms with E-state index in [1.807, 2.05) is 23.1 Å². The molecule has 250 valence electrons. The molecule has 46 heavy (non-hydrogen) atoms. The van der Waals surface area contributed by atoms with Crippen LogP contribution in [0.2, 0.25) is 10.0 Å². The minimum atomic E-state index is -3.48. The lowest BCUT2D eigenvalue weighted by atomic mass is 9.95. The van der Waals surface area contributed by atoms with E-state index in [0.717, 1.165) is 70.6 Å². The molecular formula is C30H39Cl3N8O4S. The van der Waals surface area contributed by atoms with Crippen molar-refractivity contribution >= 4 is 86.1 Å². The third-order valence-electron chi connectivity index (χ3n) is 8.26. The zero-order valence-corrected chi connectivity index (χ0v) is 28.8. The maximum Gasteiger partial charge on any atom is 0.317 e. The van der Waals surface area contributed by atoms with Crippen molar-refractivity contribution in [3.8, 4) is 0 Å². The molecule has 0 unspecified atom stereocenters. The van der Waals surface area contributed by atoms with E-state index in [0.29, 0.717) is 33.8 Å². The molecule has 2 aromatic carbocycles. The van der Waals surface area contributed by atoms with Gasteiger partial charge in [-0.05, 0) is 49.1 Å². The number of aliphatic carboxylic acids is 1. The van der Waals surface area contributed by atoms with Crippen molar-refractivity contribution < 1.29 is 18.3 Å². The van der Waals surface area contributed by atoms with E-state index in [1.54, 1.807) is 24.3 Å². The third kappa shape index (κ3) is 9.26. The zero-order valence-electron chi connectivity index (χ0n) is 25.7. The number of nitrogens with zero attached hydrogens (tertiary/aromatic N) is 6. The average molecular weight is 714 g/mol. The molecule has 1 aromatic heterocycles. The molecule has 0 bridgehead atoms. The van der Waals surface area contributed by atoms with Crippen LogP contribution >= 0.6 is 35.6 Å². The molecule has 5 rings (SSSR count). The standard InChI is InChI=1S/C30H38Cl2N8O4S.ClH/c1-37(45(2,43)44)27-6-4-3-5-26(27)34-29-24(32)18-33-30(36-29)35-25-8-7-22(17-23(25)31)40-11-9-21(10-12-40)19-38-13-15-39(16-14-38)20-28(41)42;/h3-8,17-18,21H,9-16,19-20H2,1-2H3,(H,41,42)(H2,33,34,35,36);1H. The van der Waals surface area contributed by atoms with Gasteiger partial charge in [-0.2, -0.15) is 4.98 Å². The number of piperazine rings is 1. The molecule has 3 aromatic rings. The Morgan fingerprint density at radius 2 is 1.65 bits per heavy atom. The van der Waals surface area contributed by atoms with Crippen LogP contribution in [0.5, 0.6) is 0 Å². The summed E-state index contributed by atoms with van der Waals surface area (Å²) in [4.78, 5) is 26.6. The lowest BCUT2D eigenvalue weighted by Gasteiger charge is -2.39. The fourth-order valence-corrected chi connectivity index (χ4v) is 6.53. The van der Waals surface area contributed by atoms with Gasteiger partial charge in [-0.3, -0.25) is 14.0 Å². The smallest absolute Gasteiger partial charge is 0.317 e. The maximum atomic E-state index is 12.1. The number of hydrogen-bond acceptors (Lipinski definition) is 10. The first-order chi connectivity index (χ1) is 21.5. The fraction of sp³-hybridized carbons (Fsp3) is 0.433. The van der Waals surface area contributed by atoms with Crippen LogP contribution in [0.25, 0.3) is 0 Å². The maximum absolute atomic E-state index is 12.1. The molecule has 16 heteroatoms. The second-order valence-electron chi connectivity index (χ2n) is 11.5. The van der Waals surface area contributed by atoms with Gasteiger partial charge in [0.2, 0.25) is 16.0 Å². The number of carboxylic acids is 1. The van der Waals surface area contributed by atoms with Crippen LogP contribution in [0.15, 0.2) is 48.7 Å². The molecule has 0 atom stereocenters. The van der Waals surface area contributed by atoms with Crippen LogP contribution < -0.4 is 19.8 Å². The minimum absolute atomic E-state index is 0. The summed E-state index contributed by atoms with van der Waals surface area (Å²) in [5.74, 6) is 0.434. The van der Waals surface area contributed by atoms with Crippen molar-refractivity contribution in [2.24, 2.45) is 5.92 Å². The SMILES string of the molecule is CN(c1ccccc1Nc1nc(Nc2ccc(N3CCC(CN4CCN(CC(=O)O)CC4)CC3)cc2Cl)ncc1Cl)S(C)(=O)=O.Cl. The van der Waals surface area contributed by atoms with Crippen LogP contribution in [0, 0.1) is 5.92 Å². The molecule has 2 aliphatic heterocycles. The Labute approximate surface area is 286 Å². The van der Waals surface area contributed by atoms with E-state index in [9.17, 15) is 13.2 Å². The summed E-state index contributed by atoms with van der Waals surface area (Å²) in [6.45, 7) is 6.50. The topological polar surface area (TPSA) is 134 Å². The summed E-state index contributed by atoms with van der Waals surface area (Å²) in [5.41, 5.74) is 2.66. The summed E-state index contributed by atoms with van der Waals surface area (Å²) in [5, 5.41) is 16.1. The first-order valence-corrected chi connectivity index (χ1v) is 17.4. The van der Waals surface area contributed by atoms with Gasteiger partial charge in [0.15, 0.2) is 5.82 Å². The average Bonchev–Trinajstić information content (AvgIpc) is 3.00. The summed E-state index contributed by atoms with van der Waals surface area (Å²) >= 11 is 13.1. The Morgan fingerprint density at radius 1 is 0.978 bits per heavy atom. The number of sulfonamides is 1. The Hall–Kier alpha value is -3.07. The molecule has 2 saturated heterocycles. The Kier molecular flexibility index (Phi) is 12.2. The second kappa shape index (κ2) is 15.7. The zero-order chi connectivity index (χ0) is 32.1. The highest BCUT2D eigenvalue weighted by molar-refractivity contribution is 7.92. The first-order valence-electron chi connectivity index (χ1n) is 14.8. The van der Waals surface area contributed by atoms with E-state index >= 15 is 0 Å². The van der Waals surface area contributed by atoms with Crippen molar-refractivity contribution in [1.29, 1.82) is 0 Å². The van der Waals surface area contributed by atoms with Gasteiger partial charge in [0.1, 0.15) is 5.02 Å². The second-order valence-corrected chi connectivity index (χ2v) is 14.3. The van der Waals surface area contributed by atoms with Gasteiger partial charge < -0.3 is 25.5 Å². The Bertz CT molecular complexity index is 1620. The number of aromatic nitrogens is 2. The summed E-state index contributed by atoms with van der Waals surface area (Å²) < 4.78 is 25.5. The largest absolute Gasteiger partial charge is 0.480 e. The number of nitrogens with one attached hydrogen (secondary N) is 2. The minimum Gasteiger partial charge on any atom is -0.480 e. The van der Waals surface area contributed by atoms with Crippen molar-refractivity contribution in [3.05, 3.63) is 58.7 Å². The highest BCUT2D eigenvalue weighted by Gasteiger charge is 2.25. The van der Waals surface area contributed by atoms with Gasteiger partial charge in [-0.15, -0.1) is 12.4 Å². The Balaban J connectivity index is 0.00000480. The number of halogens is 3. The van der Waals surface area contributed by atoms with Crippen LogP contribution in [0.3, 0.4) is 0 Å². The quantitative estimate of drug-likeness (QED) is 0.248. The number of piperidine rings is 1. The van der Waals surface area contributed by atoms with Gasteiger partial charge >= 0.3 is 5.97 Å². The monoisotopic (exact) mass is 712 g/mol. The van der Waals surface area contributed by atoms with Gasteiger partial charge in [0.25, 0.3) is 0 Å². The highest BCUT2D eigenvalue weighted by Crippen LogP contribution is 2.34. The summed E-state index contributed by atoms with van der Waals surface area (Å²) in [6, 6.07) is 12.8. The van der Waals surface area contributed by atoms with E-state index in [-0.39, 0.29) is 29.9 Å². The van der Waals surface area contributed by atoms with Crippen LogP contribution in [0.1, 0.15) is 12.8 Å². The van der Waals surface area contributed by atoms with Crippen molar-refractivity contribution in [2.45, 2.75) is 12.8 Å². The van der Waals surface area contributed by atoms with E-state index in [2.05, 4.69) is 30.4 Å². The summed E-state index contributed by atoms with van der Waals surface area (Å²) in [6.07, 6.45) is 4.78. The van der Waals surface area contributed by atoms with E-state index in [1.165, 1.54) is 17.5 Å². The van der Waals surface area contributed by atoms with E-state index < -0.39 is 16.0 Å². The number of hydrogen-bond donors (Lipinski definition) is 3. The van der Waals surface area contributed by atoms with E-state index in [4.69, 9.17) is 28.3 Å². The van der Waals surface area contributed by atoms with Crippen LogP contribution in [-0.2, 0) is 14.8 Å². The molecule has 0 amide bonds. The predicted molar refractivity (Wildman–Crippen MR) is 187 cm³/mol. The number of anilines is 6. The number of rotatable bonds is 11. The van der Waals surface area contributed by atoms with Crippen molar-refractivity contribution in [3.63, 3.8) is 0 Å². The van der Waals surface area contributed by atoms with Gasteiger partial charge in [-0.25, -0.2) is 13.4 Å². The fourth-order valence-electron chi connectivity index (χ4n) is 5.66. The normalized spacial score (nSPS) is 16.5. The summed E-state index contributed by atoms with van der Waals surface area (Å²) in [7, 11) is -2.00. The molecule has 0 aliphatic carbocycles. The molecule has 0 saturated carbocycles. The third-order valence-corrected chi connectivity index (χ3v) is 10.0.